The quantitative estimate of drug-likeness (QED) is 0.365. The standard InChI is InChI=1S/C30H39N3O2/c1-29(2,3)24-19-21(20-25(27(24)34)30(4,5)6)14-15-22-11-7-8-13-26(22)33-28(35)32-18-16-23-12-9-10-17-31-23/h7-13,17,19-20,34H,14-16,18H2,1-6H3,(H2,32,33,35). The van der Waals surface area contributed by atoms with Gasteiger partial charge in [-0.05, 0) is 64.1 Å². The topological polar surface area (TPSA) is 74.2 Å². The van der Waals surface area contributed by atoms with Crippen LogP contribution in [0.5, 0.6) is 5.75 Å². The van der Waals surface area contributed by atoms with Crippen LogP contribution in [0.3, 0.4) is 0 Å². The number of carbonyl (C=O) groups excluding carboxylic acids is 1. The summed E-state index contributed by atoms with van der Waals surface area (Å²) in [6.45, 7) is 13.3. The molecule has 2 amide bonds. The van der Waals surface area contributed by atoms with E-state index in [9.17, 15) is 9.90 Å². The number of hydrogen-bond acceptors (Lipinski definition) is 3. The van der Waals surface area contributed by atoms with Crippen molar-refractivity contribution in [3.05, 3.63) is 88.7 Å². The second-order valence-electron chi connectivity index (χ2n) is 11.1. The summed E-state index contributed by atoms with van der Waals surface area (Å²) in [7, 11) is 0. The summed E-state index contributed by atoms with van der Waals surface area (Å²) in [5.41, 5.74) is 5.65. The van der Waals surface area contributed by atoms with Gasteiger partial charge >= 0.3 is 6.03 Å². The summed E-state index contributed by atoms with van der Waals surface area (Å²) in [5.74, 6) is 0.401. The van der Waals surface area contributed by atoms with Crippen molar-refractivity contribution in [3.8, 4) is 5.75 Å². The smallest absolute Gasteiger partial charge is 0.319 e. The predicted octanol–water partition coefficient (Wildman–Crippen LogP) is 6.53. The molecule has 186 valence electrons. The summed E-state index contributed by atoms with van der Waals surface area (Å²) in [6, 6.07) is 17.7. The van der Waals surface area contributed by atoms with Gasteiger partial charge in [0.05, 0.1) is 0 Å². The molecule has 0 aliphatic carbocycles. The van der Waals surface area contributed by atoms with Crippen LogP contribution < -0.4 is 10.6 Å². The lowest BCUT2D eigenvalue weighted by Crippen LogP contribution is -2.31. The minimum absolute atomic E-state index is 0.160. The van der Waals surface area contributed by atoms with E-state index in [1.54, 1.807) is 6.20 Å². The highest BCUT2D eigenvalue weighted by molar-refractivity contribution is 5.90. The van der Waals surface area contributed by atoms with Gasteiger partial charge in [-0.25, -0.2) is 4.79 Å². The van der Waals surface area contributed by atoms with Crippen LogP contribution in [0.15, 0.2) is 60.8 Å². The van der Waals surface area contributed by atoms with Crippen LogP contribution in [0.2, 0.25) is 0 Å². The molecule has 0 unspecified atom stereocenters. The van der Waals surface area contributed by atoms with E-state index in [-0.39, 0.29) is 16.9 Å². The Bertz CT molecular complexity index is 1110. The molecule has 5 heteroatoms. The SMILES string of the molecule is CC(C)(C)c1cc(CCc2ccccc2NC(=O)NCCc2ccccn2)cc(C(C)(C)C)c1O. The molecule has 0 spiro atoms. The maximum absolute atomic E-state index is 12.5. The van der Waals surface area contributed by atoms with E-state index in [1.165, 1.54) is 5.56 Å². The first-order chi connectivity index (χ1) is 16.4. The van der Waals surface area contributed by atoms with Gasteiger partial charge in [-0.15, -0.1) is 0 Å². The van der Waals surface area contributed by atoms with Crippen LogP contribution in [-0.4, -0.2) is 22.7 Å². The van der Waals surface area contributed by atoms with Crippen LogP contribution in [0.25, 0.3) is 0 Å². The summed E-state index contributed by atoms with van der Waals surface area (Å²) in [5, 5.41) is 16.9. The van der Waals surface area contributed by atoms with Crippen molar-refractivity contribution in [1.82, 2.24) is 10.3 Å². The molecule has 3 aromatic rings. The van der Waals surface area contributed by atoms with Gasteiger partial charge < -0.3 is 15.7 Å². The zero-order chi connectivity index (χ0) is 25.6. The summed E-state index contributed by atoms with van der Waals surface area (Å²) < 4.78 is 0. The molecule has 1 heterocycles. The van der Waals surface area contributed by atoms with Gasteiger partial charge in [0.2, 0.25) is 0 Å². The van der Waals surface area contributed by atoms with E-state index in [1.807, 2.05) is 36.4 Å². The van der Waals surface area contributed by atoms with Gasteiger partial charge in [0.25, 0.3) is 0 Å². The molecule has 0 radical (unpaired) electrons. The van der Waals surface area contributed by atoms with Crippen molar-refractivity contribution in [3.63, 3.8) is 0 Å². The van der Waals surface area contributed by atoms with E-state index in [2.05, 4.69) is 75.4 Å². The van der Waals surface area contributed by atoms with Crippen molar-refractivity contribution in [2.45, 2.75) is 71.6 Å². The molecule has 1 aromatic heterocycles. The summed E-state index contributed by atoms with van der Waals surface area (Å²) >= 11 is 0. The number of rotatable bonds is 7. The number of urea groups is 1. The molecule has 35 heavy (non-hydrogen) atoms. The average Bonchev–Trinajstić information content (AvgIpc) is 2.78. The third-order valence-electron chi connectivity index (χ3n) is 6.13. The molecule has 0 aliphatic heterocycles. The number of carbonyl (C=O) groups is 1. The van der Waals surface area contributed by atoms with Crippen molar-refractivity contribution in [1.29, 1.82) is 0 Å². The fraction of sp³-hybridized carbons (Fsp3) is 0.400. The summed E-state index contributed by atoms with van der Waals surface area (Å²) in [4.78, 5) is 16.8. The van der Waals surface area contributed by atoms with E-state index in [0.29, 0.717) is 18.7 Å². The molecular formula is C30H39N3O2. The normalized spacial score (nSPS) is 11.8. The van der Waals surface area contributed by atoms with Crippen molar-refractivity contribution >= 4 is 11.7 Å². The number of pyridine rings is 1. The lowest BCUT2D eigenvalue weighted by molar-refractivity contribution is 0.252. The van der Waals surface area contributed by atoms with Crippen molar-refractivity contribution in [2.75, 3.05) is 11.9 Å². The van der Waals surface area contributed by atoms with Crippen LogP contribution >= 0.6 is 0 Å². The first-order valence-corrected chi connectivity index (χ1v) is 12.3. The highest BCUT2D eigenvalue weighted by Gasteiger charge is 2.26. The lowest BCUT2D eigenvalue weighted by atomic mass is 9.78. The van der Waals surface area contributed by atoms with Crippen LogP contribution in [0.4, 0.5) is 10.5 Å². The number of benzene rings is 2. The lowest BCUT2D eigenvalue weighted by Gasteiger charge is -2.28. The third kappa shape index (κ3) is 7.32. The maximum Gasteiger partial charge on any atom is 0.319 e. The van der Waals surface area contributed by atoms with Gasteiger partial charge in [0, 0.05) is 30.5 Å². The monoisotopic (exact) mass is 473 g/mol. The van der Waals surface area contributed by atoms with Gasteiger partial charge in [0.15, 0.2) is 0 Å². The molecule has 2 aromatic carbocycles. The Morgan fingerprint density at radius 2 is 1.49 bits per heavy atom. The Morgan fingerprint density at radius 1 is 0.857 bits per heavy atom. The van der Waals surface area contributed by atoms with Crippen LogP contribution in [0, 0.1) is 0 Å². The number of phenols is 1. The molecule has 0 fully saturated rings. The first-order valence-electron chi connectivity index (χ1n) is 12.3. The summed E-state index contributed by atoms with van der Waals surface area (Å²) in [6.07, 6.45) is 4.03. The number of aromatic nitrogens is 1. The Morgan fingerprint density at radius 3 is 2.09 bits per heavy atom. The number of aromatic hydroxyl groups is 1. The Balaban J connectivity index is 1.70. The fourth-order valence-corrected chi connectivity index (χ4v) is 4.14. The molecule has 3 N–H and O–H groups in total. The van der Waals surface area contributed by atoms with Gasteiger partial charge in [-0.1, -0.05) is 77.9 Å². The predicted molar refractivity (Wildman–Crippen MR) is 144 cm³/mol. The van der Waals surface area contributed by atoms with Gasteiger partial charge in [-0.3, -0.25) is 4.98 Å². The minimum atomic E-state index is -0.219. The molecule has 0 saturated heterocycles. The molecular weight excluding hydrogens is 434 g/mol. The van der Waals surface area contributed by atoms with Gasteiger partial charge in [-0.2, -0.15) is 0 Å². The number of para-hydroxylation sites is 1. The first kappa shape index (κ1) is 26.3. The number of hydrogen-bond donors (Lipinski definition) is 3. The molecule has 0 bridgehead atoms. The van der Waals surface area contributed by atoms with Crippen molar-refractivity contribution in [2.24, 2.45) is 0 Å². The minimum Gasteiger partial charge on any atom is -0.507 e. The highest BCUT2D eigenvalue weighted by atomic mass is 16.3. The molecule has 0 aliphatic rings. The second-order valence-corrected chi connectivity index (χ2v) is 11.1. The zero-order valence-electron chi connectivity index (χ0n) is 21.9. The molecule has 0 atom stereocenters. The number of anilines is 1. The number of nitrogens with zero attached hydrogens (tertiary/aromatic N) is 1. The van der Waals surface area contributed by atoms with E-state index in [4.69, 9.17) is 0 Å². The Kier molecular flexibility index (Phi) is 8.21. The molecule has 0 saturated carbocycles. The fourth-order valence-electron chi connectivity index (χ4n) is 4.14. The zero-order valence-corrected chi connectivity index (χ0v) is 21.9. The largest absolute Gasteiger partial charge is 0.507 e. The number of phenolic OH excluding ortho intramolecular Hbond substituents is 1. The van der Waals surface area contributed by atoms with E-state index in [0.717, 1.165) is 40.9 Å². The highest BCUT2D eigenvalue weighted by Crippen LogP contribution is 2.40. The van der Waals surface area contributed by atoms with Crippen LogP contribution in [0.1, 0.15) is 69.5 Å². The molecule has 3 rings (SSSR count). The Labute approximate surface area is 210 Å². The number of aryl methyl sites for hydroxylation is 2. The van der Waals surface area contributed by atoms with E-state index >= 15 is 0 Å². The number of amides is 2. The van der Waals surface area contributed by atoms with Crippen molar-refractivity contribution < 1.29 is 9.90 Å². The van der Waals surface area contributed by atoms with E-state index < -0.39 is 0 Å². The average molecular weight is 474 g/mol. The number of nitrogens with one attached hydrogen (secondary N) is 2. The Hall–Kier alpha value is -3.34. The molecule has 5 nitrogen and oxygen atoms in total. The van der Waals surface area contributed by atoms with Gasteiger partial charge in [0.1, 0.15) is 5.75 Å². The second kappa shape index (κ2) is 10.9. The van der Waals surface area contributed by atoms with Crippen LogP contribution in [-0.2, 0) is 30.1 Å². The maximum atomic E-state index is 12.5. The third-order valence-corrected chi connectivity index (χ3v) is 6.13.